The minimum Gasteiger partial charge on any atom is -0.388 e. The molecule has 4 rings (SSSR count). The van der Waals surface area contributed by atoms with Crippen molar-refractivity contribution < 1.29 is 4.79 Å². The lowest BCUT2D eigenvalue weighted by Crippen LogP contribution is -2.38. The fourth-order valence-electron chi connectivity index (χ4n) is 4.05. The molecular formula is C23H28N6O. The van der Waals surface area contributed by atoms with Crippen LogP contribution in [0.25, 0.3) is 16.7 Å². The molecule has 0 unspecified atom stereocenters. The SMILES string of the molecule is CN1CCC(N/C=C(\C=N)c2cnc(N)c(-c3ccc4c(c3)CCNC4=O)c2)CC1. The molecule has 2 aliphatic rings. The number of nitrogen functional groups attached to an aromatic ring is 1. The van der Waals surface area contributed by atoms with Gasteiger partial charge in [-0.2, -0.15) is 0 Å². The standard InChI is InChI=1S/C23H28N6O/c1-29-8-5-19(6-9-29)27-14-18(12-24)17-11-21(22(25)28-13-17)15-2-3-20-16(10-15)4-7-26-23(20)30/h2-3,10-14,19,24,27H,4-9H2,1H3,(H2,25,28)(H,26,30)/b18-14+,24-12?. The minimum atomic E-state index is -0.0309. The van der Waals surface area contributed by atoms with Crippen molar-refractivity contribution in [3.63, 3.8) is 0 Å². The number of carbonyl (C=O) groups is 1. The number of carbonyl (C=O) groups excluding carboxylic acids is 1. The molecule has 0 atom stereocenters. The van der Waals surface area contributed by atoms with E-state index in [-0.39, 0.29) is 5.91 Å². The number of hydrogen-bond acceptors (Lipinski definition) is 6. The van der Waals surface area contributed by atoms with Crippen LogP contribution in [0.2, 0.25) is 0 Å². The fourth-order valence-corrected chi connectivity index (χ4v) is 4.05. The largest absolute Gasteiger partial charge is 0.388 e. The highest BCUT2D eigenvalue weighted by molar-refractivity contribution is 6.08. The maximum atomic E-state index is 12.0. The summed E-state index contributed by atoms with van der Waals surface area (Å²) in [5, 5.41) is 14.2. The van der Waals surface area contributed by atoms with Gasteiger partial charge >= 0.3 is 0 Å². The van der Waals surface area contributed by atoms with Crippen LogP contribution in [-0.4, -0.2) is 54.7 Å². The average Bonchev–Trinajstić information content (AvgIpc) is 2.76. The number of anilines is 1. The predicted molar refractivity (Wildman–Crippen MR) is 121 cm³/mol. The van der Waals surface area contributed by atoms with E-state index in [9.17, 15) is 4.79 Å². The van der Waals surface area contributed by atoms with E-state index in [0.717, 1.165) is 65.7 Å². The molecule has 2 aliphatic heterocycles. The van der Waals surface area contributed by atoms with Crippen molar-refractivity contribution in [3.8, 4) is 11.1 Å². The number of hydrogen-bond donors (Lipinski definition) is 4. The van der Waals surface area contributed by atoms with Crippen molar-refractivity contribution in [2.45, 2.75) is 25.3 Å². The smallest absolute Gasteiger partial charge is 0.251 e. The van der Waals surface area contributed by atoms with E-state index < -0.39 is 0 Å². The lowest BCUT2D eigenvalue weighted by atomic mass is 9.94. The van der Waals surface area contributed by atoms with Gasteiger partial charge in [-0.3, -0.25) is 4.79 Å². The van der Waals surface area contributed by atoms with Crippen molar-refractivity contribution in [1.82, 2.24) is 20.5 Å². The number of fused-ring (bicyclic) bond motifs is 1. The zero-order valence-electron chi connectivity index (χ0n) is 17.2. The third-order valence-electron chi connectivity index (χ3n) is 5.94. The second-order valence-electron chi connectivity index (χ2n) is 8.02. The van der Waals surface area contributed by atoms with Crippen LogP contribution in [0.15, 0.2) is 36.7 Å². The molecule has 0 spiro atoms. The molecular weight excluding hydrogens is 376 g/mol. The zero-order chi connectivity index (χ0) is 21.1. The van der Waals surface area contributed by atoms with Crippen LogP contribution in [0.1, 0.15) is 34.3 Å². The topological polar surface area (TPSA) is 107 Å². The summed E-state index contributed by atoms with van der Waals surface area (Å²) in [6, 6.07) is 8.17. The number of likely N-dealkylation sites (tertiary alicyclic amines) is 1. The number of piperidine rings is 1. The van der Waals surface area contributed by atoms with E-state index in [0.29, 0.717) is 18.4 Å². The maximum absolute atomic E-state index is 12.0. The molecule has 0 bridgehead atoms. The van der Waals surface area contributed by atoms with Crippen molar-refractivity contribution in [3.05, 3.63) is 53.4 Å². The summed E-state index contributed by atoms with van der Waals surface area (Å²) in [7, 11) is 2.14. The molecule has 1 amide bonds. The first-order valence-corrected chi connectivity index (χ1v) is 10.4. The van der Waals surface area contributed by atoms with Crippen molar-refractivity contribution in [2.24, 2.45) is 0 Å². The first-order valence-electron chi connectivity index (χ1n) is 10.4. The molecule has 0 radical (unpaired) electrons. The molecule has 30 heavy (non-hydrogen) atoms. The predicted octanol–water partition coefficient (Wildman–Crippen LogP) is 2.29. The van der Waals surface area contributed by atoms with Crippen LogP contribution < -0.4 is 16.4 Å². The number of nitrogens with zero attached hydrogens (tertiary/aromatic N) is 2. The summed E-state index contributed by atoms with van der Waals surface area (Å²) < 4.78 is 0. The van der Waals surface area contributed by atoms with Crippen LogP contribution in [0, 0.1) is 5.41 Å². The van der Waals surface area contributed by atoms with Crippen molar-refractivity contribution >= 4 is 23.5 Å². The summed E-state index contributed by atoms with van der Waals surface area (Å²) in [5.41, 5.74) is 11.3. The van der Waals surface area contributed by atoms with Crippen molar-refractivity contribution in [2.75, 3.05) is 32.4 Å². The Labute approximate surface area is 176 Å². The Hall–Kier alpha value is -3.19. The number of allylic oxidation sites excluding steroid dienone is 1. The lowest BCUT2D eigenvalue weighted by Gasteiger charge is -2.29. The van der Waals surface area contributed by atoms with Gasteiger partial charge in [0.15, 0.2) is 0 Å². The number of nitrogens with two attached hydrogens (primary N) is 1. The Morgan fingerprint density at radius 3 is 2.87 bits per heavy atom. The minimum absolute atomic E-state index is 0.0309. The average molecular weight is 405 g/mol. The van der Waals surface area contributed by atoms with E-state index in [1.807, 2.05) is 30.5 Å². The first-order chi connectivity index (χ1) is 14.5. The molecule has 0 aliphatic carbocycles. The molecule has 3 heterocycles. The molecule has 5 N–H and O–H groups in total. The first kappa shape index (κ1) is 20.1. The van der Waals surface area contributed by atoms with Gasteiger partial charge in [-0.05, 0) is 62.7 Å². The van der Waals surface area contributed by atoms with Crippen LogP contribution in [0.4, 0.5) is 5.82 Å². The third-order valence-corrected chi connectivity index (χ3v) is 5.94. The normalized spacial score (nSPS) is 17.9. The van der Waals surface area contributed by atoms with E-state index in [4.69, 9.17) is 11.1 Å². The summed E-state index contributed by atoms with van der Waals surface area (Å²) in [6.07, 6.45) is 7.94. The molecule has 1 aromatic carbocycles. The summed E-state index contributed by atoms with van der Waals surface area (Å²) in [4.78, 5) is 18.7. The third kappa shape index (κ3) is 4.21. The second kappa shape index (κ2) is 8.67. The molecule has 7 nitrogen and oxygen atoms in total. The highest BCUT2D eigenvalue weighted by atomic mass is 16.1. The van der Waals surface area contributed by atoms with Crippen LogP contribution >= 0.6 is 0 Å². The fraction of sp³-hybridized carbons (Fsp3) is 0.348. The van der Waals surface area contributed by atoms with Gasteiger partial charge < -0.3 is 26.7 Å². The highest BCUT2D eigenvalue weighted by Crippen LogP contribution is 2.30. The summed E-state index contributed by atoms with van der Waals surface area (Å²) in [5.74, 6) is 0.406. The number of aromatic nitrogens is 1. The second-order valence-corrected chi connectivity index (χ2v) is 8.02. The number of amides is 1. The van der Waals surface area contributed by atoms with Gasteiger partial charge in [0.05, 0.1) is 0 Å². The van der Waals surface area contributed by atoms with Gasteiger partial charge in [-0.15, -0.1) is 0 Å². The monoisotopic (exact) mass is 404 g/mol. The molecule has 2 aromatic rings. The number of pyridine rings is 1. The number of benzene rings is 1. The Bertz CT molecular complexity index is 991. The molecule has 1 fully saturated rings. The Morgan fingerprint density at radius 2 is 2.10 bits per heavy atom. The van der Waals surface area contributed by atoms with Crippen molar-refractivity contribution in [1.29, 1.82) is 5.41 Å². The van der Waals surface area contributed by atoms with Gasteiger partial charge in [-0.25, -0.2) is 4.98 Å². The van der Waals surface area contributed by atoms with E-state index in [2.05, 4.69) is 27.6 Å². The van der Waals surface area contributed by atoms with E-state index in [1.165, 1.54) is 6.21 Å². The Kier molecular flexibility index (Phi) is 5.81. The molecule has 1 aromatic heterocycles. The molecule has 0 saturated carbocycles. The van der Waals surface area contributed by atoms with Crippen LogP contribution in [0.5, 0.6) is 0 Å². The Morgan fingerprint density at radius 1 is 1.30 bits per heavy atom. The van der Waals surface area contributed by atoms with Gasteiger partial charge in [-0.1, -0.05) is 12.1 Å². The van der Waals surface area contributed by atoms with Gasteiger partial charge in [0.25, 0.3) is 5.91 Å². The van der Waals surface area contributed by atoms with Gasteiger partial charge in [0.1, 0.15) is 5.82 Å². The lowest BCUT2D eigenvalue weighted by molar-refractivity contribution is 0.0946. The molecule has 156 valence electrons. The Balaban J connectivity index is 1.60. The van der Waals surface area contributed by atoms with Gasteiger partial charge in [0, 0.05) is 53.5 Å². The van der Waals surface area contributed by atoms with Crippen LogP contribution in [0.3, 0.4) is 0 Å². The van der Waals surface area contributed by atoms with Gasteiger partial charge in [0.2, 0.25) is 0 Å². The number of nitrogens with one attached hydrogen (secondary N) is 3. The zero-order valence-corrected chi connectivity index (χ0v) is 17.2. The molecule has 7 heteroatoms. The molecule has 1 saturated heterocycles. The number of rotatable bonds is 5. The highest BCUT2D eigenvalue weighted by Gasteiger charge is 2.18. The van der Waals surface area contributed by atoms with E-state index in [1.54, 1.807) is 6.20 Å². The quantitative estimate of drug-likeness (QED) is 0.572. The maximum Gasteiger partial charge on any atom is 0.251 e. The van der Waals surface area contributed by atoms with Crippen LogP contribution in [-0.2, 0) is 6.42 Å². The summed E-state index contributed by atoms with van der Waals surface area (Å²) >= 11 is 0. The van der Waals surface area contributed by atoms with E-state index >= 15 is 0 Å². The summed E-state index contributed by atoms with van der Waals surface area (Å²) in [6.45, 7) is 2.80.